The maximum atomic E-state index is 12.8. The number of aromatic nitrogens is 3. The maximum absolute atomic E-state index is 12.8. The van der Waals surface area contributed by atoms with Crippen molar-refractivity contribution in [3.8, 4) is 6.01 Å². The van der Waals surface area contributed by atoms with Gasteiger partial charge in [0, 0.05) is 23.8 Å². The summed E-state index contributed by atoms with van der Waals surface area (Å²) in [5, 5.41) is 3.40. The van der Waals surface area contributed by atoms with Gasteiger partial charge in [0.2, 0.25) is 11.9 Å². The van der Waals surface area contributed by atoms with Gasteiger partial charge in [-0.05, 0) is 39.0 Å². The largest absolute Gasteiger partial charge is 0.451 e. The summed E-state index contributed by atoms with van der Waals surface area (Å²) < 4.78 is 43.2. The van der Waals surface area contributed by atoms with Gasteiger partial charge in [-0.1, -0.05) is 17.7 Å². The minimum absolute atomic E-state index is 0.0635. The first-order valence-electron chi connectivity index (χ1n) is 8.00. The zero-order valence-corrected chi connectivity index (χ0v) is 15.3. The molecule has 0 aliphatic carbocycles. The smallest absolute Gasteiger partial charge is 0.425 e. The van der Waals surface area contributed by atoms with Gasteiger partial charge in [-0.3, -0.25) is 0 Å². The van der Waals surface area contributed by atoms with Crippen LogP contribution in [0.5, 0.6) is 6.01 Å². The predicted octanol–water partition coefficient (Wildman–Crippen LogP) is 4.44. The van der Waals surface area contributed by atoms with Gasteiger partial charge >= 0.3 is 12.2 Å². The second kappa shape index (κ2) is 8.39. The number of benzene rings is 1. The van der Waals surface area contributed by atoms with E-state index in [2.05, 4.69) is 20.3 Å². The molecule has 0 saturated carbocycles. The Hall–Kier alpha value is -2.29. The summed E-state index contributed by atoms with van der Waals surface area (Å²) in [6.45, 7) is 5.81. The summed E-state index contributed by atoms with van der Waals surface area (Å²) in [6.07, 6.45) is -6.57. The van der Waals surface area contributed by atoms with Gasteiger partial charge in [0.25, 0.3) is 0 Å². The van der Waals surface area contributed by atoms with Crippen LogP contribution in [0.1, 0.15) is 20.8 Å². The minimum atomic E-state index is -4.53. The highest BCUT2D eigenvalue weighted by atomic mass is 35.5. The molecule has 0 aliphatic rings. The second-order valence-corrected chi connectivity index (χ2v) is 5.79. The predicted molar refractivity (Wildman–Crippen MR) is 94.3 cm³/mol. The van der Waals surface area contributed by atoms with Gasteiger partial charge in [-0.2, -0.15) is 28.1 Å². The molecule has 0 bridgehead atoms. The Morgan fingerprint density at radius 2 is 1.88 bits per heavy atom. The number of anilines is 3. The molecule has 0 amide bonds. The van der Waals surface area contributed by atoms with Crippen LogP contribution in [0.25, 0.3) is 0 Å². The fourth-order valence-corrected chi connectivity index (χ4v) is 2.21. The van der Waals surface area contributed by atoms with E-state index in [1.807, 2.05) is 13.8 Å². The van der Waals surface area contributed by atoms with Crippen molar-refractivity contribution in [3.05, 3.63) is 29.3 Å². The lowest BCUT2D eigenvalue weighted by atomic mass is 10.3. The Morgan fingerprint density at radius 3 is 2.46 bits per heavy atom. The average molecular weight is 390 g/mol. The second-order valence-electron chi connectivity index (χ2n) is 5.35. The topological polar surface area (TPSA) is 63.2 Å². The normalized spacial score (nSPS) is 12.6. The van der Waals surface area contributed by atoms with Crippen molar-refractivity contribution < 1.29 is 17.9 Å². The molecule has 1 N–H and O–H groups in total. The van der Waals surface area contributed by atoms with Crippen molar-refractivity contribution in [2.24, 2.45) is 0 Å². The fourth-order valence-electron chi connectivity index (χ4n) is 2.02. The lowest BCUT2D eigenvalue weighted by Gasteiger charge is -2.21. The average Bonchev–Trinajstić information content (AvgIpc) is 2.55. The van der Waals surface area contributed by atoms with Gasteiger partial charge in [0.05, 0.1) is 0 Å². The van der Waals surface area contributed by atoms with Crippen LogP contribution in [-0.2, 0) is 0 Å². The first-order chi connectivity index (χ1) is 12.2. The van der Waals surface area contributed by atoms with Gasteiger partial charge in [-0.15, -0.1) is 0 Å². The lowest BCUT2D eigenvalue weighted by Crippen LogP contribution is -2.32. The van der Waals surface area contributed by atoms with Crippen molar-refractivity contribution in [2.45, 2.75) is 33.1 Å². The van der Waals surface area contributed by atoms with E-state index in [9.17, 15) is 13.2 Å². The molecule has 0 fully saturated rings. The maximum Gasteiger partial charge on any atom is 0.425 e. The third kappa shape index (κ3) is 5.35. The molecule has 26 heavy (non-hydrogen) atoms. The number of rotatable bonds is 7. The summed E-state index contributed by atoms with van der Waals surface area (Å²) in [7, 11) is 0. The fraction of sp³-hybridized carbons (Fsp3) is 0.438. The molecule has 142 valence electrons. The zero-order chi connectivity index (χ0) is 19.3. The summed E-state index contributed by atoms with van der Waals surface area (Å²) >= 11 is 5.94. The van der Waals surface area contributed by atoms with E-state index in [0.29, 0.717) is 23.8 Å². The molecular formula is C16H19ClF3N5O. The molecule has 0 spiro atoms. The molecular weight excluding hydrogens is 371 g/mol. The quantitative estimate of drug-likeness (QED) is 0.755. The van der Waals surface area contributed by atoms with Crippen molar-refractivity contribution in [1.82, 2.24) is 15.0 Å². The van der Waals surface area contributed by atoms with E-state index in [0.717, 1.165) is 6.92 Å². The highest BCUT2D eigenvalue weighted by Crippen LogP contribution is 2.25. The van der Waals surface area contributed by atoms with Gasteiger partial charge in [0.15, 0.2) is 6.10 Å². The standard InChI is InChI=1S/C16H19ClF3N5O/c1-4-25(5-2)14-22-13(21-12-8-6-7-11(17)9-12)23-15(24-14)26-10(3)16(18,19)20/h6-10H,4-5H2,1-3H3,(H,21,22,23,24). The van der Waals surface area contributed by atoms with Crippen LogP contribution in [0.4, 0.5) is 30.8 Å². The highest BCUT2D eigenvalue weighted by Gasteiger charge is 2.38. The Kier molecular flexibility index (Phi) is 6.47. The summed E-state index contributed by atoms with van der Waals surface area (Å²) in [5.74, 6) is 0.285. The first kappa shape index (κ1) is 20.0. The van der Waals surface area contributed by atoms with E-state index >= 15 is 0 Å². The van der Waals surface area contributed by atoms with Crippen LogP contribution in [0.2, 0.25) is 5.02 Å². The van der Waals surface area contributed by atoms with Crippen molar-refractivity contribution in [1.29, 1.82) is 0 Å². The molecule has 1 aromatic heterocycles. The molecule has 1 unspecified atom stereocenters. The summed E-state index contributed by atoms with van der Waals surface area (Å²) in [6, 6.07) is 6.38. The molecule has 1 aromatic carbocycles. The first-order valence-corrected chi connectivity index (χ1v) is 8.37. The van der Waals surface area contributed by atoms with Crippen molar-refractivity contribution >= 4 is 29.2 Å². The van der Waals surface area contributed by atoms with Crippen LogP contribution >= 0.6 is 11.6 Å². The number of alkyl halides is 3. The molecule has 0 radical (unpaired) electrons. The Labute approximate surface area is 154 Å². The van der Waals surface area contributed by atoms with Gasteiger partial charge < -0.3 is 15.0 Å². The summed E-state index contributed by atoms with van der Waals surface area (Å²) in [4.78, 5) is 14.0. The molecule has 1 heterocycles. The lowest BCUT2D eigenvalue weighted by molar-refractivity contribution is -0.190. The van der Waals surface area contributed by atoms with E-state index in [1.165, 1.54) is 0 Å². The van der Waals surface area contributed by atoms with Gasteiger partial charge in [0.1, 0.15) is 0 Å². The van der Waals surface area contributed by atoms with Crippen molar-refractivity contribution in [2.75, 3.05) is 23.3 Å². The van der Waals surface area contributed by atoms with Crippen LogP contribution in [0.15, 0.2) is 24.3 Å². The molecule has 2 aromatic rings. The molecule has 6 nitrogen and oxygen atoms in total. The molecule has 1 atom stereocenters. The highest BCUT2D eigenvalue weighted by molar-refractivity contribution is 6.30. The molecule has 0 aliphatic heterocycles. The van der Waals surface area contributed by atoms with E-state index in [-0.39, 0.29) is 11.9 Å². The monoisotopic (exact) mass is 389 g/mol. The Morgan fingerprint density at radius 1 is 1.19 bits per heavy atom. The Balaban J connectivity index is 2.36. The number of nitrogens with one attached hydrogen (secondary N) is 1. The van der Waals surface area contributed by atoms with Crippen LogP contribution < -0.4 is 15.0 Å². The van der Waals surface area contributed by atoms with Crippen LogP contribution in [0.3, 0.4) is 0 Å². The van der Waals surface area contributed by atoms with Crippen LogP contribution in [0, 0.1) is 0 Å². The van der Waals surface area contributed by atoms with E-state index in [4.69, 9.17) is 16.3 Å². The van der Waals surface area contributed by atoms with E-state index < -0.39 is 18.3 Å². The number of halogens is 4. The molecule has 10 heteroatoms. The number of nitrogens with zero attached hydrogens (tertiary/aromatic N) is 4. The number of hydrogen-bond donors (Lipinski definition) is 1. The number of hydrogen-bond acceptors (Lipinski definition) is 6. The molecule has 2 rings (SSSR count). The van der Waals surface area contributed by atoms with Crippen LogP contribution in [-0.4, -0.2) is 40.3 Å². The SMILES string of the molecule is CCN(CC)c1nc(Nc2cccc(Cl)c2)nc(OC(C)C(F)(F)F)n1. The summed E-state index contributed by atoms with van der Waals surface area (Å²) in [5.41, 5.74) is 0.587. The third-order valence-electron chi connectivity index (χ3n) is 3.47. The Bertz CT molecular complexity index is 740. The molecule has 0 saturated heterocycles. The third-order valence-corrected chi connectivity index (χ3v) is 3.71. The van der Waals surface area contributed by atoms with Gasteiger partial charge in [-0.25, -0.2) is 0 Å². The minimum Gasteiger partial charge on any atom is -0.451 e. The van der Waals surface area contributed by atoms with Crippen molar-refractivity contribution in [3.63, 3.8) is 0 Å². The number of ether oxygens (including phenoxy) is 1. The van der Waals surface area contributed by atoms with E-state index in [1.54, 1.807) is 29.2 Å². The zero-order valence-electron chi connectivity index (χ0n) is 14.5.